The highest BCUT2D eigenvalue weighted by atomic mass is 15.1. The minimum atomic E-state index is 0.708. The van der Waals surface area contributed by atoms with Crippen molar-refractivity contribution in [2.45, 2.75) is 34.1 Å². The Morgan fingerprint density at radius 3 is 2.00 bits per heavy atom. The van der Waals surface area contributed by atoms with Gasteiger partial charge in [-0.05, 0) is 24.5 Å². The van der Waals surface area contributed by atoms with Gasteiger partial charge < -0.3 is 4.90 Å². The van der Waals surface area contributed by atoms with Crippen LogP contribution in [0.15, 0.2) is 49.2 Å². The minimum absolute atomic E-state index is 0.708. The Morgan fingerprint density at radius 2 is 1.50 bits per heavy atom. The van der Waals surface area contributed by atoms with Crippen LogP contribution in [0.25, 0.3) is 0 Å². The quantitative estimate of drug-likeness (QED) is 0.529. The van der Waals surface area contributed by atoms with Crippen LogP contribution in [0.2, 0.25) is 0 Å². The first-order chi connectivity index (χ1) is 8.56. The second kappa shape index (κ2) is 10.9. The SMILES string of the molecule is C=C/C=C\C=C/C/C=C/N(CC(C)C)CC(C)C. The number of nitrogens with zero attached hydrogens (tertiary/aromatic N) is 1. The number of hydrogen-bond acceptors (Lipinski definition) is 1. The van der Waals surface area contributed by atoms with Crippen LogP contribution in [-0.4, -0.2) is 18.0 Å². The molecule has 0 aromatic heterocycles. The lowest BCUT2D eigenvalue weighted by molar-refractivity contribution is 0.296. The molecule has 0 aliphatic carbocycles. The van der Waals surface area contributed by atoms with Gasteiger partial charge in [-0.25, -0.2) is 0 Å². The summed E-state index contributed by atoms with van der Waals surface area (Å²) in [6.07, 6.45) is 15.4. The first kappa shape index (κ1) is 16.8. The van der Waals surface area contributed by atoms with Gasteiger partial charge in [0, 0.05) is 13.1 Å². The van der Waals surface area contributed by atoms with Crippen molar-refractivity contribution in [2.75, 3.05) is 13.1 Å². The van der Waals surface area contributed by atoms with E-state index in [1.165, 1.54) is 0 Å². The fourth-order valence-corrected chi connectivity index (χ4v) is 1.72. The van der Waals surface area contributed by atoms with Gasteiger partial charge in [0.05, 0.1) is 0 Å². The number of hydrogen-bond donors (Lipinski definition) is 0. The van der Waals surface area contributed by atoms with Crippen molar-refractivity contribution in [1.82, 2.24) is 4.90 Å². The molecule has 0 aromatic rings. The van der Waals surface area contributed by atoms with E-state index >= 15 is 0 Å². The molecule has 0 aromatic carbocycles. The maximum Gasteiger partial charge on any atom is 0.0195 e. The summed E-state index contributed by atoms with van der Waals surface area (Å²) in [4.78, 5) is 2.42. The Labute approximate surface area is 114 Å². The van der Waals surface area contributed by atoms with E-state index in [-0.39, 0.29) is 0 Å². The van der Waals surface area contributed by atoms with Crippen molar-refractivity contribution < 1.29 is 0 Å². The average Bonchev–Trinajstić information content (AvgIpc) is 2.26. The second-order valence-corrected chi connectivity index (χ2v) is 5.41. The van der Waals surface area contributed by atoms with Crippen LogP contribution in [0.1, 0.15) is 34.1 Å². The molecule has 0 bridgehead atoms. The van der Waals surface area contributed by atoms with E-state index in [0.29, 0.717) is 11.8 Å². The molecule has 0 fully saturated rings. The smallest absolute Gasteiger partial charge is 0.0195 e. The van der Waals surface area contributed by atoms with Gasteiger partial charge in [0.25, 0.3) is 0 Å². The second-order valence-electron chi connectivity index (χ2n) is 5.41. The summed E-state index contributed by atoms with van der Waals surface area (Å²) in [6, 6.07) is 0. The van der Waals surface area contributed by atoms with Gasteiger partial charge in [0.2, 0.25) is 0 Å². The third-order valence-electron chi connectivity index (χ3n) is 2.28. The molecule has 0 spiro atoms. The van der Waals surface area contributed by atoms with Gasteiger partial charge in [-0.15, -0.1) is 0 Å². The predicted octanol–water partition coefficient (Wildman–Crippen LogP) is 4.80. The molecule has 1 nitrogen and oxygen atoms in total. The van der Waals surface area contributed by atoms with Gasteiger partial charge >= 0.3 is 0 Å². The van der Waals surface area contributed by atoms with Crippen LogP contribution in [0.4, 0.5) is 0 Å². The molecule has 18 heavy (non-hydrogen) atoms. The fourth-order valence-electron chi connectivity index (χ4n) is 1.72. The molecule has 0 aliphatic heterocycles. The molecule has 0 atom stereocenters. The summed E-state index contributed by atoms with van der Waals surface area (Å²) in [5.41, 5.74) is 0. The molecule has 0 aliphatic rings. The third-order valence-corrected chi connectivity index (χ3v) is 2.28. The topological polar surface area (TPSA) is 3.24 Å². The lowest BCUT2D eigenvalue weighted by Crippen LogP contribution is -2.26. The molecular formula is C17H29N. The largest absolute Gasteiger partial charge is 0.377 e. The lowest BCUT2D eigenvalue weighted by atomic mass is 10.1. The van der Waals surface area contributed by atoms with Gasteiger partial charge in [-0.1, -0.05) is 70.7 Å². The average molecular weight is 247 g/mol. The molecule has 0 saturated heterocycles. The molecule has 0 radical (unpaired) electrons. The summed E-state index contributed by atoms with van der Waals surface area (Å²) >= 11 is 0. The standard InChI is InChI=1S/C17H29N/c1-6-7-8-9-10-11-12-13-18(14-16(2)3)15-17(4)5/h6-10,12-13,16-17H,1,11,14-15H2,2-5H3/b8-7-,10-9-,13-12+. The van der Waals surface area contributed by atoms with E-state index in [1.54, 1.807) is 6.08 Å². The van der Waals surface area contributed by atoms with Crippen molar-refractivity contribution in [3.63, 3.8) is 0 Å². The zero-order chi connectivity index (χ0) is 13.8. The normalized spacial score (nSPS) is 12.6. The minimum Gasteiger partial charge on any atom is -0.377 e. The molecule has 102 valence electrons. The highest BCUT2D eigenvalue weighted by Gasteiger charge is 2.04. The van der Waals surface area contributed by atoms with Crippen LogP contribution in [-0.2, 0) is 0 Å². The summed E-state index contributed by atoms with van der Waals surface area (Å²) in [5, 5.41) is 0. The summed E-state index contributed by atoms with van der Waals surface area (Å²) < 4.78 is 0. The maximum atomic E-state index is 3.63. The van der Waals surface area contributed by atoms with Crippen LogP contribution in [0, 0.1) is 11.8 Å². The molecule has 1 heteroatoms. The highest BCUT2D eigenvalue weighted by molar-refractivity contribution is 5.09. The Balaban J connectivity index is 4.09. The van der Waals surface area contributed by atoms with E-state index in [4.69, 9.17) is 0 Å². The van der Waals surface area contributed by atoms with Gasteiger partial charge in [0.15, 0.2) is 0 Å². The molecule has 0 heterocycles. The molecule has 0 unspecified atom stereocenters. The Kier molecular flexibility index (Phi) is 10.1. The number of rotatable bonds is 9. The Morgan fingerprint density at radius 1 is 0.889 bits per heavy atom. The molecule has 0 N–H and O–H groups in total. The van der Waals surface area contributed by atoms with Crippen molar-refractivity contribution in [2.24, 2.45) is 11.8 Å². The molecule has 0 amide bonds. The van der Waals surface area contributed by atoms with E-state index in [1.807, 2.05) is 12.2 Å². The van der Waals surface area contributed by atoms with E-state index < -0.39 is 0 Å². The van der Waals surface area contributed by atoms with Crippen LogP contribution in [0.3, 0.4) is 0 Å². The van der Waals surface area contributed by atoms with Crippen molar-refractivity contribution >= 4 is 0 Å². The van der Waals surface area contributed by atoms with Gasteiger partial charge in [-0.3, -0.25) is 0 Å². The van der Waals surface area contributed by atoms with Crippen molar-refractivity contribution in [1.29, 1.82) is 0 Å². The summed E-state index contributed by atoms with van der Waals surface area (Å²) in [5.74, 6) is 1.42. The predicted molar refractivity (Wildman–Crippen MR) is 83.5 cm³/mol. The zero-order valence-corrected chi connectivity index (χ0v) is 12.5. The van der Waals surface area contributed by atoms with Crippen LogP contribution >= 0.6 is 0 Å². The fraction of sp³-hybridized carbons (Fsp3) is 0.529. The van der Waals surface area contributed by atoms with Gasteiger partial charge in [0.1, 0.15) is 0 Å². The monoisotopic (exact) mass is 247 g/mol. The molecule has 0 rings (SSSR count). The Hall–Kier alpha value is -1.24. The van der Waals surface area contributed by atoms with E-state index in [0.717, 1.165) is 19.5 Å². The highest BCUT2D eigenvalue weighted by Crippen LogP contribution is 2.05. The summed E-state index contributed by atoms with van der Waals surface area (Å²) in [6.45, 7) is 15.0. The van der Waals surface area contributed by atoms with Crippen LogP contribution < -0.4 is 0 Å². The first-order valence-corrected chi connectivity index (χ1v) is 6.91. The molecule has 0 saturated carbocycles. The summed E-state index contributed by atoms with van der Waals surface area (Å²) in [7, 11) is 0. The van der Waals surface area contributed by atoms with Crippen LogP contribution in [0.5, 0.6) is 0 Å². The van der Waals surface area contributed by atoms with Crippen molar-refractivity contribution in [3.8, 4) is 0 Å². The first-order valence-electron chi connectivity index (χ1n) is 6.91. The van der Waals surface area contributed by atoms with Crippen molar-refractivity contribution in [3.05, 3.63) is 49.2 Å². The third kappa shape index (κ3) is 11.3. The maximum absolute atomic E-state index is 3.63. The zero-order valence-electron chi connectivity index (χ0n) is 12.5. The lowest BCUT2D eigenvalue weighted by Gasteiger charge is -2.24. The molecular weight excluding hydrogens is 218 g/mol. The van der Waals surface area contributed by atoms with Gasteiger partial charge in [-0.2, -0.15) is 0 Å². The van der Waals surface area contributed by atoms with E-state index in [2.05, 4.69) is 63.6 Å². The van der Waals surface area contributed by atoms with E-state index in [9.17, 15) is 0 Å². The number of allylic oxidation sites excluding steroid dienone is 6. The Bertz CT molecular complexity index is 272.